The van der Waals surface area contributed by atoms with Gasteiger partial charge in [-0.2, -0.15) is 0 Å². The lowest BCUT2D eigenvalue weighted by atomic mass is 10.0. The highest BCUT2D eigenvalue weighted by atomic mass is 16.5. The summed E-state index contributed by atoms with van der Waals surface area (Å²) in [5, 5.41) is 8.74. The Morgan fingerprint density at radius 3 is 1.46 bits per heavy atom. The molecule has 0 saturated heterocycles. The second-order valence-electron chi connectivity index (χ2n) is 11.7. The van der Waals surface area contributed by atoms with Crippen molar-refractivity contribution in [3.8, 4) is 0 Å². The van der Waals surface area contributed by atoms with Crippen LogP contribution in [0.1, 0.15) is 194 Å². The van der Waals surface area contributed by atoms with Crippen LogP contribution in [0.3, 0.4) is 0 Å². The quantitative estimate of drug-likeness (QED) is 0.0529. The number of carbonyl (C=O) groups excluding carboxylic acids is 1. The second-order valence-corrected chi connectivity index (χ2v) is 11.7. The smallest absolute Gasteiger partial charge is 0.306 e. The minimum absolute atomic E-state index is 0.0371. The van der Waals surface area contributed by atoms with Gasteiger partial charge in [-0.3, -0.25) is 9.59 Å². The highest BCUT2D eigenvalue weighted by Gasteiger charge is 2.11. The van der Waals surface area contributed by atoms with E-state index in [1.165, 1.54) is 103 Å². The van der Waals surface area contributed by atoms with Crippen molar-refractivity contribution in [2.45, 2.75) is 200 Å². The van der Waals surface area contributed by atoms with E-state index in [4.69, 9.17) is 9.84 Å². The molecule has 4 heteroatoms. The Labute approximate surface area is 243 Å². The lowest BCUT2D eigenvalue weighted by molar-refractivity contribution is -0.147. The molecule has 0 rings (SSSR count). The Bertz CT molecular complexity index is 557. The molecule has 0 aliphatic carbocycles. The van der Waals surface area contributed by atoms with Gasteiger partial charge in [-0.25, -0.2) is 0 Å². The molecule has 0 aromatic rings. The number of ether oxygens (including phenoxy) is 1. The fourth-order valence-electron chi connectivity index (χ4n) is 5.15. The van der Waals surface area contributed by atoms with E-state index in [0.717, 1.165) is 64.2 Å². The number of rotatable bonds is 31. The minimum atomic E-state index is -0.698. The van der Waals surface area contributed by atoms with Gasteiger partial charge in [-0.05, 0) is 44.6 Å². The van der Waals surface area contributed by atoms with Crippen LogP contribution in [0.5, 0.6) is 0 Å². The van der Waals surface area contributed by atoms with Gasteiger partial charge in [0.05, 0.1) is 0 Å². The first kappa shape index (κ1) is 37.7. The van der Waals surface area contributed by atoms with Crippen LogP contribution < -0.4 is 0 Å². The lowest BCUT2D eigenvalue weighted by Crippen LogP contribution is -2.16. The third-order valence-electron chi connectivity index (χ3n) is 7.72. The van der Waals surface area contributed by atoms with Crippen molar-refractivity contribution in [1.82, 2.24) is 0 Å². The summed E-state index contributed by atoms with van der Waals surface area (Å²) in [6, 6.07) is 0. The van der Waals surface area contributed by atoms with Crippen molar-refractivity contribution in [3.63, 3.8) is 0 Å². The Hall–Kier alpha value is -1.32. The average molecular weight is 551 g/mol. The Kier molecular flexibility index (Phi) is 30.2. The van der Waals surface area contributed by atoms with E-state index >= 15 is 0 Å². The van der Waals surface area contributed by atoms with Gasteiger partial charge in [0.15, 0.2) is 0 Å². The van der Waals surface area contributed by atoms with Crippen LogP contribution in [0.15, 0.2) is 12.2 Å². The van der Waals surface area contributed by atoms with Crippen molar-refractivity contribution in [3.05, 3.63) is 12.2 Å². The first-order valence-corrected chi connectivity index (χ1v) is 17.2. The molecule has 0 spiro atoms. The van der Waals surface area contributed by atoms with Gasteiger partial charge in [0.1, 0.15) is 6.10 Å². The second kappa shape index (κ2) is 31.2. The van der Waals surface area contributed by atoms with E-state index in [2.05, 4.69) is 26.0 Å². The molecule has 1 unspecified atom stereocenters. The average Bonchev–Trinajstić information content (AvgIpc) is 2.91. The van der Waals surface area contributed by atoms with Crippen LogP contribution in [0.25, 0.3) is 0 Å². The van der Waals surface area contributed by atoms with Gasteiger partial charge in [0, 0.05) is 12.8 Å². The summed E-state index contributed by atoms with van der Waals surface area (Å²) in [4.78, 5) is 23.1. The van der Waals surface area contributed by atoms with E-state index in [1.807, 2.05) is 0 Å². The van der Waals surface area contributed by atoms with Gasteiger partial charge in [-0.15, -0.1) is 0 Å². The number of hydrogen-bond donors (Lipinski definition) is 1. The molecule has 0 bridgehead atoms. The Morgan fingerprint density at radius 2 is 0.974 bits per heavy atom. The molecule has 4 nitrogen and oxygen atoms in total. The molecule has 0 aliphatic heterocycles. The number of unbranched alkanes of at least 4 members (excludes halogenated alkanes) is 22. The topological polar surface area (TPSA) is 63.6 Å². The molecule has 0 heterocycles. The molecule has 0 aromatic heterocycles. The third kappa shape index (κ3) is 31.1. The van der Waals surface area contributed by atoms with E-state index in [1.54, 1.807) is 0 Å². The summed E-state index contributed by atoms with van der Waals surface area (Å²) >= 11 is 0. The van der Waals surface area contributed by atoms with Crippen molar-refractivity contribution in [2.24, 2.45) is 0 Å². The summed E-state index contributed by atoms with van der Waals surface area (Å²) in [5.41, 5.74) is 0. The zero-order valence-corrected chi connectivity index (χ0v) is 26.2. The summed E-state index contributed by atoms with van der Waals surface area (Å²) in [7, 11) is 0. The van der Waals surface area contributed by atoms with E-state index < -0.39 is 5.97 Å². The van der Waals surface area contributed by atoms with Crippen molar-refractivity contribution in [2.75, 3.05) is 0 Å². The Balaban J connectivity index is 4.08. The highest BCUT2D eigenvalue weighted by molar-refractivity contribution is 5.69. The van der Waals surface area contributed by atoms with Crippen LogP contribution in [-0.2, 0) is 14.3 Å². The first-order chi connectivity index (χ1) is 19.1. The van der Waals surface area contributed by atoms with E-state index in [-0.39, 0.29) is 18.5 Å². The molecule has 230 valence electrons. The molecule has 0 fully saturated rings. The monoisotopic (exact) mass is 550 g/mol. The largest absolute Gasteiger partial charge is 0.481 e. The number of allylic oxidation sites excluding steroid dienone is 1. The van der Waals surface area contributed by atoms with Crippen LogP contribution >= 0.6 is 0 Å². The lowest BCUT2D eigenvalue weighted by Gasteiger charge is -2.15. The van der Waals surface area contributed by atoms with Gasteiger partial charge in [0.2, 0.25) is 0 Å². The number of esters is 1. The molecular weight excluding hydrogens is 484 g/mol. The molecule has 0 radical (unpaired) electrons. The Morgan fingerprint density at radius 1 is 0.564 bits per heavy atom. The predicted molar refractivity (Wildman–Crippen MR) is 167 cm³/mol. The van der Waals surface area contributed by atoms with E-state index in [0.29, 0.717) is 6.42 Å². The molecule has 1 N–H and O–H groups in total. The van der Waals surface area contributed by atoms with Gasteiger partial charge in [-0.1, -0.05) is 148 Å². The number of carboxylic acids is 1. The molecule has 0 aliphatic rings. The maximum Gasteiger partial charge on any atom is 0.306 e. The maximum atomic E-state index is 12.5. The predicted octanol–water partition coefficient (Wildman–Crippen LogP) is 11.5. The molecular formula is C35H66O4. The molecule has 0 amide bonds. The molecule has 1 atom stereocenters. The number of hydrogen-bond acceptors (Lipinski definition) is 3. The van der Waals surface area contributed by atoms with Crippen molar-refractivity contribution in [1.29, 1.82) is 0 Å². The van der Waals surface area contributed by atoms with Crippen LogP contribution in [0, 0.1) is 0 Å². The SMILES string of the molecule is CCCCCCCC/C=C\C(CCCCCCCCC(=O)O)OC(=O)CCCCCCCCCCCCCC. The van der Waals surface area contributed by atoms with Crippen LogP contribution in [-0.4, -0.2) is 23.1 Å². The maximum absolute atomic E-state index is 12.5. The fourth-order valence-corrected chi connectivity index (χ4v) is 5.15. The summed E-state index contributed by atoms with van der Waals surface area (Å²) in [6.07, 6.45) is 36.6. The van der Waals surface area contributed by atoms with Crippen molar-refractivity contribution < 1.29 is 19.4 Å². The van der Waals surface area contributed by atoms with Crippen LogP contribution in [0.2, 0.25) is 0 Å². The zero-order valence-electron chi connectivity index (χ0n) is 26.2. The summed E-state index contributed by atoms with van der Waals surface area (Å²) in [6.45, 7) is 4.52. The highest BCUT2D eigenvalue weighted by Crippen LogP contribution is 2.16. The van der Waals surface area contributed by atoms with Gasteiger partial charge < -0.3 is 9.84 Å². The zero-order chi connectivity index (χ0) is 28.7. The molecule has 0 saturated carbocycles. The third-order valence-corrected chi connectivity index (χ3v) is 7.72. The first-order valence-electron chi connectivity index (χ1n) is 17.2. The van der Waals surface area contributed by atoms with Crippen LogP contribution in [0.4, 0.5) is 0 Å². The molecule has 39 heavy (non-hydrogen) atoms. The standard InChI is InChI=1S/C35H66O4/c1-3-5-7-9-11-13-14-15-16-18-24-28-32-35(38)39-33(29-25-21-17-12-10-8-6-4-2)30-26-22-19-20-23-27-31-34(36)37/h25,29,33H,3-24,26-28,30-32H2,1-2H3,(H,36,37)/b29-25-. The summed E-state index contributed by atoms with van der Waals surface area (Å²) in [5.74, 6) is -0.735. The fraction of sp³-hybridized carbons (Fsp3) is 0.886. The van der Waals surface area contributed by atoms with E-state index in [9.17, 15) is 9.59 Å². The minimum Gasteiger partial charge on any atom is -0.481 e. The normalized spacial score (nSPS) is 12.3. The summed E-state index contributed by atoms with van der Waals surface area (Å²) < 4.78 is 5.89. The number of carboxylic acid groups (broad SMARTS) is 1. The number of carbonyl (C=O) groups is 2. The molecule has 0 aromatic carbocycles. The number of aliphatic carboxylic acids is 1. The van der Waals surface area contributed by atoms with Gasteiger partial charge in [0.25, 0.3) is 0 Å². The van der Waals surface area contributed by atoms with Gasteiger partial charge >= 0.3 is 11.9 Å². The van der Waals surface area contributed by atoms with Crippen molar-refractivity contribution >= 4 is 11.9 Å².